The number of carbonyl (C=O) groups excluding carboxylic acids is 1. The number of ether oxygens (including phenoxy) is 1. The lowest BCUT2D eigenvalue weighted by Gasteiger charge is -2.24. The highest BCUT2D eigenvalue weighted by molar-refractivity contribution is 5.91. The van der Waals surface area contributed by atoms with Crippen LogP contribution in [0.5, 0.6) is 0 Å². The summed E-state index contributed by atoms with van der Waals surface area (Å²) < 4.78 is 5.44. The maximum Gasteiger partial charge on any atom is 0.410 e. The third kappa shape index (κ3) is 3.73. The fourth-order valence-corrected chi connectivity index (χ4v) is 2.82. The number of benzene rings is 1. The van der Waals surface area contributed by atoms with Crippen LogP contribution < -0.4 is 5.32 Å². The highest BCUT2D eigenvalue weighted by Gasteiger charge is 2.29. The monoisotopic (exact) mass is 313 g/mol. The summed E-state index contributed by atoms with van der Waals surface area (Å²) in [7, 11) is 0. The van der Waals surface area contributed by atoms with Crippen molar-refractivity contribution in [1.29, 1.82) is 0 Å². The summed E-state index contributed by atoms with van der Waals surface area (Å²) in [5.41, 5.74) is 1.58. The van der Waals surface area contributed by atoms with Gasteiger partial charge in [0, 0.05) is 36.4 Å². The van der Waals surface area contributed by atoms with Gasteiger partial charge in [-0.1, -0.05) is 6.07 Å². The number of fused-ring (bicyclic) bond motifs is 1. The topological polar surface area (TPSA) is 54.5 Å². The Morgan fingerprint density at radius 2 is 2.13 bits per heavy atom. The summed E-state index contributed by atoms with van der Waals surface area (Å²) >= 11 is 0. The summed E-state index contributed by atoms with van der Waals surface area (Å²) in [6.45, 7) is 7.04. The minimum absolute atomic E-state index is 0.230. The molecule has 0 aliphatic carbocycles. The van der Waals surface area contributed by atoms with Crippen molar-refractivity contribution in [2.24, 2.45) is 0 Å². The van der Waals surface area contributed by atoms with Gasteiger partial charge in [-0.2, -0.15) is 0 Å². The number of hydrogen-bond acceptors (Lipinski definition) is 4. The standard InChI is InChI=1S/C18H23N3O2/c1-18(2,3)23-17(22)21-11-9-13(12-21)20-16-8-4-7-15-14(16)6-5-10-19-15/h4-8,10,13,20H,9,11-12H2,1-3H3/t13-/m1/s1. The molecule has 2 aromatic rings. The second kappa shape index (κ2) is 6.07. The van der Waals surface area contributed by atoms with Gasteiger partial charge in [0.2, 0.25) is 0 Å². The number of aromatic nitrogens is 1. The van der Waals surface area contributed by atoms with E-state index in [4.69, 9.17) is 4.74 Å². The molecule has 1 atom stereocenters. The molecule has 1 fully saturated rings. The number of nitrogens with one attached hydrogen (secondary N) is 1. The molecule has 1 N–H and O–H groups in total. The van der Waals surface area contributed by atoms with Crippen molar-refractivity contribution in [3.63, 3.8) is 0 Å². The highest BCUT2D eigenvalue weighted by atomic mass is 16.6. The fourth-order valence-electron chi connectivity index (χ4n) is 2.82. The van der Waals surface area contributed by atoms with Crippen LogP contribution in [0.3, 0.4) is 0 Å². The molecule has 0 unspecified atom stereocenters. The molecule has 1 aromatic heterocycles. The number of likely N-dealkylation sites (tertiary alicyclic amines) is 1. The van der Waals surface area contributed by atoms with Crippen LogP contribution in [-0.2, 0) is 4.74 Å². The number of amides is 1. The van der Waals surface area contributed by atoms with Gasteiger partial charge >= 0.3 is 6.09 Å². The summed E-state index contributed by atoms with van der Waals surface area (Å²) in [6.07, 6.45) is 2.48. The predicted molar refractivity (Wildman–Crippen MR) is 91.6 cm³/mol. The average molecular weight is 313 g/mol. The number of hydrogen-bond donors (Lipinski definition) is 1. The second-order valence-electron chi connectivity index (χ2n) is 6.93. The molecule has 0 spiro atoms. The number of anilines is 1. The summed E-state index contributed by atoms with van der Waals surface area (Å²) in [4.78, 5) is 18.3. The van der Waals surface area contributed by atoms with Crippen molar-refractivity contribution >= 4 is 22.7 Å². The van der Waals surface area contributed by atoms with Crippen molar-refractivity contribution in [1.82, 2.24) is 9.88 Å². The van der Waals surface area contributed by atoms with Crippen molar-refractivity contribution in [3.8, 4) is 0 Å². The normalized spacial score (nSPS) is 18.2. The fraction of sp³-hybridized carbons (Fsp3) is 0.444. The number of nitrogens with zero attached hydrogens (tertiary/aromatic N) is 2. The molecule has 1 amide bonds. The van der Waals surface area contributed by atoms with Crippen LogP contribution in [0.25, 0.3) is 10.9 Å². The quantitative estimate of drug-likeness (QED) is 0.919. The number of carbonyl (C=O) groups is 1. The SMILES string of the molecule is CC(C)(C)OC(=O)N1CC[C@@H](Nc2cccc3ncccc23)C1. The van der Waals surface area contributed by atoms with Gasteiger partial charge in [0.1, 0.15) is 5.60 Å². The van der Waals surface area contributed by atoms with E-state index in [0.29, 0.717) is 6.54 Å². The molecular formula is C18H23N3O2. The third-order valence-corrected chi connectivity index (χ3v) is 3.85. The minimum atomic E-state index is -0.454. The van der Waals surface area contributed by atoms with E-state index in [2.05, 4.69) is 22.4 Å². The summed E-state index contributed by atoms with van der Waals surface area (Å²) in [5.74, 6) is 0. The minimum Gasteiger partial charge on any atom is -0.444 e. The Hall–Kier alpha value is -2.30. The van der Waals surface area contributed by atoms with Crippen molar-refractivity contribution in [3.05, 3.63) is 36.5 Å². The van der Waals surface area contributed by atoms with Crippen LogP contribution >= 0.6 is 0 Å². The molecule has 0 saturated carbocycles. The molecule has 5 nitrogen and oxygen atoms in total. The number of pyridine rings is 1. The molecule has 3 rings (SSSR count). The Labute approximate surface area is 136 Å². The van der Waals surface area contributed by atoms with E-state index in [1.54, 1.807) is 11.1 Å². The molecule has 122 valence electrons. The van der Waals surface area contributed by atoms with Gasteiger partial charge in [-0.15, -0.1) is 0 Å². The third-order valence-electron chi connectivity index (χ3n) is 3.85. The van der Waals surface area contributed by atoms with Crippen LogP contribution in [0.1, 0.15) is 27.2 Å². The lowest BCUT2D eigenvalue weighted by Crippen LogP contribution is -2.36. The Morgan fingerprint density at radius 3 is 2.91 bits per heavy atom. The Kier molecular flexibility index (Phi) is 4.11. The summed E-state index contributed by atoms with van der Waals surface area (Å²) in [6, 6.07) is 10.3. The lowest BCUT2D eigenvalue weighted by atomic mass is 10.1. The van der Waals surface area contributed by atoms with Crippen molar-refractivity contribution in [2.45, 2.75) is 38.8 Å². The van der Waals surface area contributed by atoms with E-state index in [-0.39, 0.29) is 12.1 Å². The van der Waals surface area contributed by atoms with Crippen molar-refractivity contribution < 1.29 is 9.53 Å². The smallest absolute Gasteiger partial charge is 0.410 e. The zero-order valence-electron chi connectivity index (χ0n) is 13.9. The van der Waals surface area contributed by atoms with Crippen LogP contribution in [0, 0.1) is 0 Å². The van der Waals surface area contributed by atoms with Gasteiger partial charge < -0.3 is 15.0 Å². The maximum atomic E-state index is 12.1. The Balaban J connectivity index is 1.67. The Bertz CT molecular complexity index is 703. The van der Waals surface area contributed by atoms with Gasteiger partial charge in [-0.25, -0.2) is 4.79 Å². The molecule has 23 heavy (non-hydrogen) atoms. The van der Waals surface area contributed by atoms with Crippen LogP contribution in [-0.4, -0.2) is 40.7 Å². The van der Waals surface area contributed by atoms with Gasteiger partial charge in [-0.05, 0) is 51.5 Å². The molecule has 0 radical (unpaired) electrons. The largest absolute Gasteiger partial charge is 0.444 e. The average Bonchev–Trinajstić information content (AvgIpc) is 2.95. The first-order valence-electron chi connectivity index (χ1n) is 8.00. The molecule has 2 heterocycles. The molecule has 1 aromatic carbocycles. The van der Waals surface area contributed by atoms with E-state index in [9.17, 15) is 4.79 Å². The van der Waals surface area contributed by atoms with E-state index in [0.717, 1.165) is 29.6 Å². The first-order chi connectivity index (χ1) is 10.9. The van der Waals surface area contributed by atoms with Crippen LogP contribution in [0.2, 0.25) is 0 Å². The van der Waals surface area contributed by atoms with Crippen LogP contribution in [0.15, 0.2) is 36.5 Å². The maximum absolute atomic E-state index is 12.1. The highest BCUT2D eigenvalue weighted by Crippen LogP contribution is 2.24. The summed E-state index contributed by atoms with van der Waals surface area (Å²) in [5, 5.41) is 4.64. The second-order valence-corrected chi connectivity index (χ2v) is 6.93. The first kappa shape index (κ1) is 15.6. The van der Waals surface area contributed by atoms with Gasteiger partial charge in [-0.3, -0.25) is 4.98 Å². The Morgan fingerprint density at radius 1 is 1.30 bits per heavy atom. The van der Waals surface area contributed by atoms with Crippen molar-refractivity contribution in [2.75, 3.05) is 18.4 Å². The zero-order chi connectivity index (χ0) is 16.4. The molecular weight excluding hydrogens is 290 g/mol. The van der Waals surface area contributed by atoms with E-state index in [1.807, 2.05) is 39.0 Å². The van der Waals surface area contributed by atoms with Gasteiger partial charge in [0.15, 0.2) is 0 Å². The zero-order valence-corrected chi connectivity index (χ0v) is 13.9. The predicted octanol–water partition coefficient (Wildman–Crippen LogP) is 3.66. The van der Waals surface area contributed by atoms with E-state index in [1.165, 1.54) is 0 Å². The first-order valence-corrected chi connectivity index (χ1v) is 8.00. The number of rotatable bonds is 2. The molecule has 0 bridgehead atoms. The van der Waals surface area contributed by atoms with Gasteiger partial charge in [0.25, 0.3) is 0 Å². The molecule has 1 aliphatic heterocycles. The lowest BCUT2D eigenvalue weighted by molar-refractivity contribution is 0.0293. The molecule has 5 heteroatoms. The van der Waals surface area contributed by atoms with Crippen LogP contribution in [0.4, 0.5) is 10.5 Å². The molecule has 1 aliphatic rings. The van der Waals surface area contributed by atoms with E-state index >= 15 is 0 Å². The van der Waals surface area contributed by atoms with E-state index < -0.39 is 5.60 Å². The van der Waals surface area contributed by atoms with Gasteiger partial charge in [0.05, 0.1) is 5.52 Å². The molecule has 1 saturated heterocycles.